The molecule has 10 nitrogen and oxygen atoms in total. The summed E-state index contributed by atoms with van der Waals surface area (Å²) in [5.74, 6) is -0.679. The molecule has 3 N–H and O–H groups in total. The Bertz CT molecular complexity index is 1720. The van der Waals surface area contributed by atoms with Gasteiger partial charge in [0.25, 0.3) is 0 Å². The number of nitrogens with one attached hydrogen (secondary N) is 1. The van der Waals surface area contributed by atoms with Gasteiger partial charge in [-0.05, 0) is 57.3 Å². The van der Waals surface area contributed by atoms with E-state index in [2.05, 4.69) is 34.0 Å². The van der Waals surface area contributed by atoms with Crippen LogP contribution in [0.4, 0.5) is 29.1 Å². The second kappa shape index (κ2) is 11.7. The SMILES string of the molecule is COc1nc(-c2c(C#N)c(N)cc(C)c2C(F)(F)F)c(F)c2nc(OC[C@]3(C)CN(C)CC[C@@H]3C)nc(N3C[C@H]4CC[C@@H](C3)N4)c12. The van der Waals surface area contributed by atoms with Crippen LogP contribution in [0.15, 0.2) is 6.07 Å². The number of hydrogen-bond donors (Lipinski definition) is 2. The molecule has 1 aromatic carbocycles. The van der Waals surface area contributed by atoms with Crippen molar-refractivity contribution in [3.63, 3.8) is 0 Å². The molecule has 0 aliphatic carbocycles. The molecule has 0 amide bonds. The third kappa shape index (κ3) is 5.53. The lowest BCUT2D eigenvalue weighted by Crippen LogP contribution is -2.51. The first-order valence-corrected chi connectivity index (χ1v) is 15.4. The van der Waals surface area contributed by atoms with E-state index in [0.717, 1.165) is 38.4 Å². The Morgan fingerprint density at radius 2 is 1.87 bits per heavy atom. The highest BCUT2D eigenvalue weighted by Crippen LogP contribution is 2.46. The number of likely N-dealkylation sites (tertiary alicyclic amines) is 1. The van der Waals surface area contributed by atoms with Gasteiger partial charge >= 0.3 is 12.2 Å². The molecule has 0 spiro atoms. The van der Waals surface area contributed by atoms with E-state index in [1.165, 1.54) is 14.0 Å². The Morgan fingerprint density at radius 3 is 2.50 bits per heavy atom. The van der Waals surface area contributed by atoms with Crippen molar-refractivity contribution in [2.75, 3.05) is 57.6 Å². The van der Waals surface area contributed by atoms with Gasteiger partial charge in [-0.2, -0.15) is 28.4 Å². The number of nitrogens with zero attached hydrogens (tertiary/aromatic N) is 6. The maximum absolute atomic E-state index is 16.9. The molecule has 3 saturated heterocycles. The Hall–Kier alpha value is -3.96. The van der Waals surface area contributed by atoms with Crippen molar-refractivity contribution < 1.29 is 27.0 Å². The summed E-state index contributed by atoms with van der Waals surface area (Å²) in [6, 6.07) is 3.06. The number of piperidine rings is 1. The van der Waals surface area contributed by atoms with Crippen LogP contribution in [-0.4, -0.2) is 78.9 Å². The highest BCUT2D eigenvalue weighted by Gasteiger charge is 2.41. The van der Waals surface area contributed by atoms with Crippen LogP contribution in [0.3, 0.4) is 0 Å². The number of rotatable bonds is 6. The highest BCUT2D eigenvalue weighted by molar-refractivity contribution is 5.97. The van der Waals surface area contributed by atoms with Crippen LogP contribution in [0.2, 0.25) is 0 Å². The van der Waals surface area contributed by atoms with Crippen LogP contribution in [0.25, 0.3) is 22.2 Å². The number of piperazine rings is 1. The predicted molar refractivity (Wildman–Crippen MR) is 165 cm³/mol. The fourth-order valence-electron chi connectivity index (χ4n) is 7.28. The lowest BCUT2D eigenvalue weighted by atomic mass is 9.74. The molecule has 3 aliphatic rings. The average Bonchev–Trinajstić information content (AvgIpc) is 3.34. The van der Waals surface area contributed by atoms with E-state index in [0.29, 0.717) is 24.8 Å². The number of nitriles is 1. The molecule has 14 heteroatoms. The van der Waals surface area contributed by atoms with E-state index in [9.17, 15) is 18.4 Å². The Balaban J connectivity index is 1.58. The highest BCUT2D eigenvalue weighted by atomic mass is 19.4. The monoisotopic (exact) mass is 642 g/mol. The molecule has 2 aromatic heterocycles. The summed E-state index contributed by atoms with van der Waals surface area (Å²) < 4.78 is 72.2. The maximum atomic E-state index is 16.9. The summed E-state index contributed by atoms with van der Waals surface area (Å²) in [6.07, 6.45) is -2.03. The molecule has 5 heterocycles. The first-order valence-electron chi connectivity index (χ1n) is 15.4. The number of alkyl halides is 3. The quantitative estimate of drug-likeness (QED) is 0.283. The molecule has 46 heavy (non-hydrogen) atoms. The number of hydrogen-bond acceptors (Lipinski definition) is 10. The smallest absolute Gasteiger partial charge is 0.417 e. The van der Waals surface area contributed by atoms with E-state index >= 15 is 4.39 Å². The lowest BCUT2D eigenvalue weighted by molar-refractivity contribution is -0.137. The molecular weight excluding hydrogens is 604 g/mol. The molecule has 2 bridgehead atoms. The van der Waals surface area contributed by atoms with Crippen molar-refractivity contribution in [2.45, 2.75) is 58.3 Å². The number of benzene rings is 1. The topological polar surface area (TPSA) is 125 Å². The van der Waals surface area contributed by atoms with E-state index in [4.69, 9.17) is 20.2 Å². The lowest BCUT2D eigenvalue weighted by Gasteiger charge is -2.43. The number of nitrogen functional groups attached to an aromatic ring is 1. The number of halogens is 4. The zero-order valence-electron chi connectivity index (χ0n) is 26.6. The molecule has 3 aliphatic heterocycles. The van der Waals surface area contributed by atoms with Gasteiger partial charge in [-0.15, -0.1) is 0 Å². The predicted octanol–water partition coefficient (Wildman–Crippen LogP) is 4.92. The zero-order chi connectivity index (χ0) is 33.1. The normalized spacial score (nSPS) is 25.1. The minimum Gasteiger partial charge on any atom is -0.480 e. The van der Waals surface area contributed by atoms with Gasteiger partial charge in [0.1, 0.15) is 28.5 Å². The third-order valence-corrected chi connectivity index (χ3v) is 9.90. The third-order valence-electron chi connectivity index (χ3n) is 9.90. The number of fused-ring (bicyclic) bond motifs is 3. The number of nitrogens with two attached hydrogens (primary N) is 1. The second-order valence-electron chi connectivity index (χ2n) is 13.3. The van der Waals surface area contributed by atoms with Gasteiger partial charge in [0.15, 0.2) is 5.82 Å². The van der Waals surface area contributed by atoms with E-state index in [1.54, 1.807) is 6.07 Å². The average molecular weight is 643 g/mol. The minimum atomic E-state index is -4.94. The number of pyridine rings is 1. The summed E-state index contributed by atoms with van der Waals surface area (Å²) in [7, 11) is 3.34. The minimum absolute atomic E-state index is 0.103. The van der Waals surface area contributed by atoms with Crippen LogP contribution in [0.1, 0.15) is 49.8 Å². The van der Waals surface area contributed by atoms with E-state index in [-0.39, 0.29) is 58.1 Å². The van der Waals surface area contributed by atoms with E-state index < -0.39 is 34.4 Å². The van der Waals surface area contributed by atoms with Crippen molar-refractivity contribution in [1.29, 1.82) is 5.26 Å². The number of ether oxygens (including phenoxy) is 2. The van der Waals surface area contributed by atoms with Crippen LogP contribution in [-0.2, 0) is 6.18 Å². The Kier molecular flexibility index (Phi) is 8.13. The van der Waals surface area contributed by atoms with Gasteiger partial charge in [0.05, 0.1) is 30.5 Å². The van der Waals surface area contributed by atoms with Gasteiger partial charge in [0.2, 0.25) is 5.88 Å². The first-order chi connectivity index (χ1) is 21.7. The Morgan fingerprint density at radius 1 is 1.17 bits per heavy atom. The molecule has 3 aromatic rings. The first kappa shape index (κ1) is 32.0. The Labute approximate surface area is 264 Å². The van der Waals surface area contributed by atoms with Gasteiger partial charge in [-0.25, -0.2) is 9.37 Å². The summed E-state index contributed by atoms with van der Waals surface area (Å²) in [5, 5.41) is 13.6. The van der Waals surface area contributed by atoms with Crippen molar-refractivity contribution in [3.05, 3.63) is 28.6 Å². The second-order valence-corrected chi connectivity index (χ2v) is 13.3. The fraction of sp³-hybridized carbons (Fsp3) is 0.562. The van der Waals surface area contributed by atoms with Crippen molar-refractivity contribution in [2.24, 2.45) is 11.3 Å². The van der Waals surface area contributed by atoms with Gasteiger partial charge < -0.3 is 30.3 Å². The molecule has 0 radical (unpaired) electrons. The number of anilines is 2. The van der Waals surface area contributed by atoms with Gasteiger partial charge in [-0.1, -0.05) is 13.8 Å². The standard InChI is InChI=1S/C32H38F4N8O2/c1-16-10-21(38)20(11-37)22(24(16)32(34,35)36)26-25(33)27-23(29(40-26)45-5)28(44-12-18-6-7-19(13-44)39-18)42-30(41-27)46-15-31(3)14-43(4)9-8-17(31)2/h10,17-19,39H,6-9,12-15,38H2,1-5H3/t17-,18-,19+,31-/m0/s1. The van der Waals surface area contributed by atoms with Crippen molar-refractivity contribution >= 4 is 22.4 Å². The van der Waals surface area contributed by atoms with Gasteiger partial charge in [0, 0.05) is 42.7 Å². The van der Waals surface area contributed by atoms with Crippen molar-refractivity contribution in [1.82, 2.24) is 25.2 Å². The summed E-state index contributed by atoms with van der Waals surface area (Å²) in [5.41, 5.74) is 1.68. The van der Waals surface area contributed by atoms with Gasteiger partial charge in [-0.3, -0.25) is 0 Å². The molecule has 0 unspecified atom stereocenters. The number of aromatic nitrogens is 3. The maximum Gasteiger partial charge on any atom is 0.417 e. The number of methoxy groups -OCH3 is 1. The molecule has 6 rings (SSSR count). The van der Waals surface area contributed by atoms with Crippen LogP contribution < -0.4 is 25.4 Å². The summed E-state index contributed by atoms with van der Waals surface area (Å²) in [4.78, 5) is 17.7. The molecule has 4 atom stereocenters. The van der Waals surface area contributed by atoms with Crippen LogP contribution in [0.5, 0.6) is 11.9 Å². The molecule has 3 fully saturated rings. The summed E-state index contributed by atoms with van der Waals surface area (Å²) >= 11 is 0. The van der Waals surface area contributed by atoms with E-state index in [1.807, 2.05) is 11.9 Å². The van der Waals surface area contributed by atoms with Crippen LogP contribution >= 0.6 is 0 Å². The molecular formula is C32H38F4N8O2. The van der Waals surface area contributed by atoms with Crippen molar-refractivity contribution in [3.8, 4) is 29.2 Å². The largest absolute Gasteiger partial charge is 0.480 e. The van der Waals surface area contributed by atoms with Crippen LogP contribution in [0, 0.1) is 35.4 Å². The number of aryl methyl sites for hydroxylation is 1. The summed E-state index contributed by atoms with van der Waals surface area (Å²) in [6.45, 7) is 8.62. The fourth-order valence-corrected chi connectivity index (χ4v) is 7.28. The zero-order valence-corrected chi connectivity index (χ0v) is 26.6. The molecule has 246 valence electrons. The molecule has 0 saturated carbocycles.